The molecule has 1 fully saturated rings. The maximum absolute atomic E-state index is 13.6. The molecule has 0 unspecified atom stereocenters. The van der Waals surface area contributed by atoms with Crippen LogP contribution in [-0.2, 0) is 14.8 Å². The molecule has 0 aliphatic heterocycles. The van der Waals surface area contributed by atoms with Crippen LogP contribution < -0.4 is 19.1 Å². The van der Waals surface area contributed by atoms with Crippen molar-refractivity contribution >= 4 is 21.6 Å². The summed E-state index contributed by atoms with van der Waals surface area (Å²) < 4.78 is 39.0. The summed E-state index contributed by atoms with van der Waals surface area (Å²) in [4.78, 5) is 13.2. The highest BCUT2D eigenvalue weighted by atomic mass is 32.2. The summed E-state index contributed by atoms with van der Waals surface area (Å²) in [5.74, 6) is 0.554. The molecule has 3 rings (SSSR count). The molecule has 1 amide bonds. The van der Waals surface area contributed by atoms with Crippen molar-refractivity contribution in [1.29, 1.82) is 0 Å². The SMILES string of the molecule is COc1ccc(N(CC(=O)NC2CCCCCCC2)S(=O)(=O)c2ccc(C)cc2)cc1OC. The molecule has 1 aliphatic carbocycles. The number of aryl methyl sites for hydroxylation is 1. The van der Waals surface area contributed by atoms with Gasteiger partial charge in [0.25, 0.3) is 10.0 Å². The van der Waals surface area contributed by atoms with Crippen molar-refractivity contribution in [2.75, 3.05) is 25.1 Å². The van der Waals surface area contributed by atoms with Crippen LogP contribution in [0.25, 0.3) is 0 Å². The van der Waals surface area contributed by atoms with Gasteiger partial charge in [0, 0.05) is 12.1 Å². The van der Waals surface area contributed by atoms with Crippen molar-refractivity contribution in [3.05, 3.63) is 48.0 Å². The fraction of sp³-hybridized carbons (Fsp3) is 0.480. The third kappa shape index (κ3) is 6.41. The Morgan fingerprint density at radius 3 is 2.15 bits per heavy atom. The molecule has 0 spiro atoms. The van der Waals surface area contributed by atoms with Gasteiger partial charge in [0.05, 0.1) is 24.8 Å². The van der Waals surface area contributed by atoms with E-state index >= 15 is 0 Å². The molecule has 0 heterocycles. The van der Waals surface area contributed by atoms with Gasteiger partial charge < -0.3 is 14.8 Å². The highest BCUT2D eigenvalue weighted by Crippen LogP contribution is 2.33. The molecule has 2 aromatic rings. The average Bonchev–Trinajstić information content (AvgIpc) is 2.79. The summed E-state index contributed by atoms with van der Waals surface area (Å²) in [6.07, 6.45) is 7.58. The lowest BCUT2D eigenvalue weighted by molar-refractivity contribution is -0.120. The topological polar surface area (TPSA) is 84.9 Å². The maximum Gasteiger partial charge on any atom is 0.264 e. The number of benzene rings is 2. The summed E-state index contributed by atoms with van der Waals surface area (Å²) in [5.41, 5.74) is 1.29. The summed E-state index contributed by atoms with van der Waals surface area (Å²) in [7, 11) is -0.986. The van der Waals surface area contributed by atoms with Gasteiger partial charge in [0.2, 0.25) is 5.91 Å². The molecule has 7 nitrogen and oxygen atoms in total. The monoisotopic (exact) mass is 474 g/mol. The molecule has 2 aromatic carbocycles. The van der Waals surface area contributed by atoms with E-state index in [4.69, 9.17) is 9.47 Å². The third-order valence-electron chi connectivity index (χ3n) is 6.02. The Labute approximate surface area is 197 Å². The number of carbonyl (C=O) groups excluding carboxylic acids is 1. The first-order valence-corrected chi connectivity index (χ1v) is 12.9. The Bertz CT molecular complexity index is 1030. The van der Waals surface area contributed by atoms with Crippen LogP contribution in [0.1, 0.15) is 50.5 Å². The van der Waals surface area contributed by atoms with Crippen molar-refractivity contribution in [1.82, 2.24) is 5.32 Å². The van der Waals surface area contributed by atoms with Gasteiger partial charge in [-0.3, -0.25) is 9.10 Å². The lowest BCUT2D eigenvalue weighted by atomic mass is 9.97. The zero-order valence-electron chi connectivity index (χ0n) is 19.7. The summed E-state index contributed by atoms with van der Waals surface area (Å²) >= 11 is 0. The van der Waals surface area contributed by atoms with Crippen molar-refractivity contribution in [3.8, 4) is 11.5 Å². The number of rotatable bonds is 8. The van der Waals surface area contributed by atoms with Crippen LogP contribution in [0.5, 0.6) is 11.5 Å². The first-order valence-electron chi connectivity index (χ1n) is 11.5. The fourth-order valence-electron chi connectivity index (χ4n) is 4.14. The van der Waals surface area contributed by atoms with Gasteiger partial charge in [-0.1, -0.05) is 49.8 Å². The van der Waals surface area contributed by atoms with Gasteiger partial charge in [0.15, 0.2) is 11.5 Å². The van der Waals surface area contributed by atoms with Crippen LogP contribution in [0.15, 0.2) is 47.4 Å². The number of sulfonamides is 1. The van der Waals surface area contributed by atoms with Crippen molar-refractivity contribution in [2.24, 2.45) is 0 Å². The van der Waals surface area contributed by atoms with E-state index in [2.05, 4.69) is 5.32 Å². The molecule has 0 bridgehead atoms. The molecule has 0 radical (unpaired) electrons. The smallest absolute Gasteiger partial charge is 0.264 e. The Hall–Kier alpha value is -2.74. The predicted molar refractivity (Wildman–Crippen MR) is 130 cm³/mol. The number of hydrogen-bond donors (Lipinski definition) is 1. The van der Waals surface area contributed by atoms with Gasteiger partial charge in [0.1, 0.15) is 6.54 Å². The van der Waals surface area contributed by atoms with E-state index in [1.807, 2.05) is 6.92 Å². The zero-order valence-corrected chi connectivity index (χ0v) is 20.5. The molecular formula is C25H34N2O5S. The number of ether oxygens (including phenoxy) is 2. The third-order valence-corrected chi connectivity index (χ3v) is 7.81. The number of hydrogen-bond acceptors (Lipinski definition) is 5. The second-order valence-electron chi connectivity index (χ2n) is 8.47. The largest absolute Gasteiger partial charge is 0.493 e. The average molecular weight is 475 g/mol. The Morgan fingerprint density at radius 1 is 0.939 bits per heavy atom. The first-order chi connectivity index (χ1) is 15.8. The first kappa shape index (κ1) is 24.9. The molecule has 1 N–H and O–H groups in total. The minimum Gasteiger partial charge on any atom is -0.493 e. The normalized spacial score (nSPS) is 15.2. The maximum atomic E-state index is 13.6. The number of amides is 1. The van der Waals surface area contributed by atoms with Gasteiger partial charge in [-0.15, -0.1) is 0 Å². The number of carbonyl (C=O) groups is 1. The molecule has 180 valence electrons. The van der Waals surface area contributed by atoms with Crippen LogP contribution in [-0.4, -0.2) is 41.1 Å². The second kappa shape index (κ2) is 11.4. The lowest BCUT2D eigenvalue weighted by Gasteiger charge is -2.27. The number of anilines is 1. The van der Waals surface area contributed by atoms with Gasteiger partial charge in [-0.05, 0) is 44.0 Å². The number of nitrogens with zero attached hydrogens (tertiary/aromatic N) is 1. The summed E-state index contributed by atoms with van der Waals surface area (Å²) in [6, 6.07) is 11.5. The van der Waals surface area contributed by atoms with E-state index in [0.29, 0.717) is 17.2 Å². The van der Waals surface area contributed by atoms with Crippen LogP contribution in [0, 0.1) is 6.92 Å². The summed E-state index contributed by atoms with van der Waals surface area (Å²) in [5, 5.41) is 3.07. The lowest BCUT2D eigenvalue weighted by Crippen LogP contribution is -2.44. The van der Waals surface area contributed by atoms with Gasteiger partial charge in [-0.2, -0.15) is 0 Å². The molecule has 1 saturated carbocycles. The molecular weight excluding hydrogens is 440 g/mol. The molecule has 0 atom stereocenters. The highest BCUT2D eigenvalue weighted by Gasteiger charge is 2.29. The fourth-order valence-corrected chi connectivity index (χ4v) is 5.55. The highest BCUT2D eigenvalue weighted by molar-refractivity contribution is 7.92. The van der Waals surface area contributed by atoms with Crippen LogP contribution in [0.4, 0.5) is 5.69 Å². The number of methoxy groups -OCH3 is 2. The van der Waals surface area contributed by atoms with Crippen molar-refractivity contribution in [3.63, 3.8) is 0 Å². The van der Waals surface area contributed by atoms with Crippen molar-refractivity contribution < 1.29 is 22.7 Å². The standard InChI is InChI=1S/C25H34N2O5S/c1-19-11-14-22(15-12-19)33(29,30)27(21-13-16-23(31-2)24(17-21)32-3)18-25(28)26-20-9-7-5-4-6-8-10-20/h11-17,20H,4-10,18H2,1-3H3,(H,26,28). The Kier molecular flexibility index (Phi) is 8.61. The predicted octanol–water partition coefficient (Wildman–Crippen LogP) is 4.44. The molecule has 1 aliphatic rings. The number of nitrogens with one attached hydrogen (secondary N) is 1. The van der Waals surface area contributed by atoms with E-state index < -0.39 is 10.0 Å². The van der Waals surface area contributed by atoms with E-state index in [9.17, 15) is 13.2 Å². The van der Waals surface area contributed by atoms with Crippen LogP contribution >= 0.6 is 0 Å². The van der Waals surface area contributed by atoms with Crippen LogP contribution in [0.2, 0.25) is 0 Å². The minimum absolute atomic E-state index is 0.0760. The Balaban J connectivity index is 1.91. The second-order valence-corrected chi connectivity index (χ2v) is 10.3. The van der Waals surface area contributed by atoms with E-state index in [-0.39, 0.29) is 23.4 Å². The van der Waals surface area contributed by atoms with Gasteiger partial charge in [-0.25, -0.2) is 8.42 Å². The minimum atomic E-state index is -3.99. The van der Waals surface area contributed by atoms with Crippen molar-refractivity contribution in [2.45, 2.75) is 62.8 Å². The van der Waals surface area contributed by atoms with E-state index in [1.165, 1.54) is 33.5 Å². The van der Waals surface area contributed by atoms with E-state index in [0.717, 1.165) is 35.6 Å². The van der Waals surface area contributed by atoms with E-state index in [1.54, 1.807) is 42.5 Å². The molecule has 0 saturated heterocycles. The molecule has 33 heavy (non-hydrogen) atoms. The molecule has 0 aromatic heterocycles. The molecule has 8 heteroatoms. The van der Waals surface area contributed by atoms with Crippen LogP contribution in [0.3, 0.4) is 0 Å². The zero-order chi connectivity index (χ0) is 23.8. The van der Waals surface area contributed by atoms with Gasteiger partial charge >= 0.3 is 0 Å². The summed E-state index contributed by atoms with van der Waals surface area (Å²) in [6.45, 7) is 1.58. The Morgan fingerprint density at radius 2 is 1.55 bits per heavy atom. The quantitative estimate of drug-likeness (QED) is 0.612.